The summed E-state index contributed by atoms with van der Waals surface area (Å²) in [4.78, 5) is 0. The Balaban J connectivity index is 3.37. The van der Waals surface area contributed by atoms with Crippen LogP contribution in [0.25, 0.3) is 0 Å². The first kappa shape index (κ1) is 13.3. The molecule has 1 rings (SSSR count). The number of benzene rings is 1. The topological polar surface area (TPSA) is 43.4 Å². The molecule has 16 heavy (non-hydrogen) atoms. The van der Waals surface area contributed by atoms with Gasteiger partial charge in [0.1, 0.15) is 0 Å². The SMILES string of the molecule is COc1c(C)c(CS(=O)(=O)Cl)cc(C)c1F. The fourth-order valence-corrected chi connectivity index (χ4v) is 2.52. The van der Waals surface area contributed by atoms with Gasteiger partial charge in [-0.2, -0.15) is 0 Å². The molecule has 0 aliphatic heterocycles. The van der Waals surface area contributed by atoms with Gasteiger partial charge in [0, 0.05) is 10.7 Å². The van der Waals surface area contributed by atoms with Crippen molar-refractivity contribution in [3.63, 3.8) is 0 Å². The zero-order chi connectivity index (χ0) is 12.5. The standard InChI is InChI=1S/C10H12ClFO3S/c1-6-4-8(5-16(11,13)14)7(2)10(15-3)9(6)12/h4H,5H2,1-3H3. The molecule has 0 aromatic heterocycles. The van der Waals surface area contributed by atoms with Crippen LogP contribution in [-0.2, 0) is 14.8 Å². The summed E-state index contributed by atoms with van der Waals surface area (Å²) in [5.41, 5.74) is 1.23. The summed E-state index contributed by atoms with van der Waals surface area (Å²) in [5.74, 6) is -0.747. The van der Waals surface area contributed by atoms with Crippen LogP contribution in [0, 0.1) is 19.7 Å². The first-order chi connectivity index (χ1) is 7.26. The van der Waals surface area contributed by atoms with Gasteiger partial charge in [-0.15, -0.1) is 0 Å². The van der Waals surface area contributed by atoms with E-state index in [1.54, 1.807) is 13.8 Å². The Morgan fingerprint density at radius 1 is 1.44 bits per heavy atom. The van der Waals surface area contributed by atoms with E-state index < -0.39 is 14.9 Å². The maximum atomic E-state index is 13.6. The molecule has 6 heteroatoms. The first-order valence-electron chi connectivity index (χ1n) is 4.51. The summed E-state index contributed by atoms with van der Waals surface area (Å²) in [6, 6.07) is 1.47. The lowest BCUT2D eigenvalue weighted by molar-refractivity contribution is 0.381. The van der Waals surface area contributed by atoms with E-state index >= 15 is 0 Å². The molecule has 0 amide bonds. The Bertz CT molecular complexity index is 511. The fraction of sp³-hybridized carbons (Fsp3) is 0.400. The van der Waals surface area contributed by atoms with E-state index in [4.69, 9.17) is 15.4 Å². The fourth-order valence-electron chi connectivity index (χ4n) is 1.50. The van der Waals surface area contributed by atoms with E-state index in [1.807, 2.05) is 0 Å². The number of halogens is 2. The highest BCUT2D eigenvalue weighted by Gasteiger charge is 2.17. The van der Waals surface area contributed by atoms with Crippen LogP contribution in [0.5, 0.6) is 5.75 Å². The van der Waals surface area contributed by atoms with Crippen LogP contribution in [-0.4, -0.2) is 15.5 Å². The summed E-state index contributed by atoms with van der Waals surface area (Å²) in [5, 5.41) is 0. The van der Waals surface area contributed by atoms with Crippen molar-refractivity contribution in [2.24, 2.45) is 0 Å². The van der Waals surface area contributed by atoms with Crippen molar-refractivity contribution >= 4 is 19.7 Å². The Kier molecular flexibility index (Phi) is 3.80. The third kappa shape index (κ3) is 2.86. The molecule has 0 fully saturated rings. The number of ether oxygens (including phenoxy) is 1. The number of hydrogen-bond donors (Lipinski definition) is 0. The van der Waals surface area contributed by atoms with Crippen LogP contribution in [0.4, 0.5) is 4.39 Å². The minimum Gasteiger partial charge on any atom is -0.493 e. The normalized spacial score (nSPS) is 11.6. The van der Waals surface area contributed by atoms with Crippen molar-refractivity contribution < 1.29 is 17.5 Å². The molecule has 0 radical (unpaired) electrons. The molecule has 0 spiro atoms. The zero-order valence-corrected chi connectivity index (χ0v) is 10.7. The summed E-state index contributed by atoms with van der Waals surface area (Å²) in [6.07, 6.45) is 0. The molecule has 0 saturated heterocycles. The predicted octanol–water partition coefficient (Wildman–Crippen LogP) is 2.52. The van der Waals surface area contributed by atoms with Gasteiger partial charge in [0.05, 0.1) is 12.9 Å². The maximum absolute atomic E-state index is 13.6. The Morgan fingerprint density at radius 2 is 2.00 bits per heavy atom. The number of aryl methyl sites for hydroxylation is 1. The highest BCUT2D eigenvalue weighted by atomic mass is 35.7. The third-order valence-corrected chi connectivity index (χ3v) is 3.27. The molecule has 0 saturated carbocycles. The van der Waals surface area contributed by atoms with Crippen LogP contribution in [0.1, 0.15) is 16.7 Å². The van der Waals surface area contributed by atoms with E-state index in [1.165, 1.54) is 13.2 Å². The number of rotatable bonds is 3. The van der Waals surface area contributed by atoms with Crippen LogP contribution in [0.15, 0.2) is 6.07 Å². The van der Waals surface area contributed by atoms with E-state index in [0.29, 0.717) is 16.7 Å². The van der Waals surface area contributed by atoms with Crippen molar-refractivity contribution in [1.29, 1.82) is 0 Å². The molecule has 90 valence electrons. The lowest BCUT2D eigenvalue weighted by Crippen LogP contribution is -2.03. The Labute approximate surface area is 98.6 Å². The Morgan fingerprint density at radius 3 is 2.44 bits per heavy atom. The minimum atomic E-state index is -3.66. The lowest BCUT2D eigenvalue weighted by Gasteiger charge is -2.12. The molecule has 0 N–H and O–H groups in total. The second kappa shape index (κ2) is 4.59. The molecular weight excluding hydrogens is 255 g/mol. The Hall–Kier alpha value is -0.810. The molecule has 1 aromatic rings. The van der Waals surface area contributed by atoms with Crippen LogP contribution < -0.4 is 4.74 Å². The minimum absolute atomic E-state index is 0.0651. The van der Waals surface area contributed by atoms with Gasteiger partial charge < -0.3 is 4.74 Å². The monoisotopic (exact) mass is 266 g/mol. The van der Waals surface area contributed by atoms with E-state index in [-0.39, 0.29) is 11.5 Å². The smallest absolute Gasteiger partial charge is 0.236 e. The molecule has 0 atom stereocenters. The molecule has 0 heterocycles. The molecule has 0 unspecified atom stereocenters. The molecule has 3 nitrogen and oxygen atoms in total. The van der Waals surface area contributed by atoms with Crippen molar-refractivity contribution in [2.45, 2.75) is 19.6 Å². The highest BCUT2D eigenvalue weighted by Crippen LogP contribution is 2.29. The average Bonchev–Trinajstić information content (AvgIpc) is 2.13. The van der Waals surface area contributed by atoms with Gasteiger partial charge in [-0.1, -0.05) is 6.07 Å². The van der Waals surface area contributed by atoms with Crippen molar-refractivity contribution in [3.8, 4) is 5.75 Å². The van der Waals surface area contributed by atoms with Gasteiger partial charge in [-0.05, 0) is 30.5 Å². The van der Waals surface area contributed by atoms with Gasteiger partial charge in [-0.3, -0.25) is 0 Å². The van der Waals surface area contributed by atoms with Crippen molar-refractivity contribution in [1.82, 2.24) is 0 Å². The van der Waals surface area contributed by atoms with Crippen molar-refractivity contribution in [2.75, 3.05) is 7.11 Å². The first-order valence-corrected chi connectivity index (χ1v) is 6.99. The molecule has 0 bridgehead atoms. The maximum Gasteiger partial charge on any atom is 0.236 e. The molecule has 0 aliphatic rings. The second-order valence-electron chi connectivity index (χ2n) is 3.51. The quantitative estimate of drug-likeness (QED) is 0.790. The van der Waals surface area contributed by atoms with Gasteiger partial charge in [0.2, 0.25) is 9.05 Å². The lowest BCUT2D eigenvalue weighted by atomic mass is 10.0. The van der Waals surface area contributed by atoms with E-state index in [0.717, 1.165) is 0 Å². The van der Waals surface area contributed by atoms with Gasteiger partial charge >= 0.3 is 0 Å². The third-order valence-electron chi connectivity index (χ3n) is 2.29. The number of hydrogen-bond acceptors (Lipinski definition) is 3. The van der Waals surface area contributed by atoms with Crippen LogP contribution in [0.3, 0.4) is 0 Å². The molecule has 0 aliphatic carbocycles. The number of methoxy groups -OCH3 is 1. The summed E-state index contributed by atoms with van der Waals surface area (Å²) < 4.78 is 40.4. The van der Waals surface area contributed by atoms with Crippen molar-refractivity contribution in [3.05, 3.63) is 28.6 Å². The van der Waals surface area contributed by atoms with Crippen LogP contribution >= 0.6 is 10.7 Å². The summed E-state index contributed by atoms with van der Waals surface area (Å²) >= 11 is 0. The van der Waals surface area contributed by atoms with Gasteiger partial charge in [0.25, 0.3) is 0 Å². The summed E-state index contributed by atoms with van der Waals surface area (Å²) in [6.45, 7) is 3.14. The molecule has 1 aromatic carbocycles. The van der Waals surface area contributed by atoms with Gasteiger partial charge in [0.15, 0.2) is 11.6 Å². The second-order valence-corrected chi connectivity index (χ2v) is 6.28. The van der Waals surface area contributed by atoms with E-state index in [2.05, 4.69) is 0 Å². The predicted molar refractivity (Wildman–Crippen MR) is 60.9 cm³/mol. The highest BCUT2D eigenvalue weighted by molar-refractivity contribution is 8.13. The summed E-state index contributed by atoms with van der Waals surface area (Å²) in [7, 11) is 2.84. The largest absolute Gasteiger partial charge is 0.493 e. The zero-order valence-electron chi connectivity index (χ0n) is 9.17. The van der Waals surface area contributed by atoms with Crippen LogP contribution in [0.2, 0.25) is 0 Å². The van der Waals surface area contributed by atoms with Gasteiger partial charge in [-0.25, -0.2) is 12.8 Å². The van der Waals surface area contributed by atoms with E-state index in [9.17, 15) is 12.8 Å². The molecular formula is C10H12ClFO3S. The average molecular weight is 267 g/mol.